The molecule has 1 aliphatic heterocycles. The second kappa shape index (κ2) is 5.01. The van der Waals surface area contributed by atoms with Crippen LogP contribution in [-0.4, -0.2) is 47.6 Å². The van der Waals surface area contributed by atoms with Crippen LogP contribution in [0.15, 0.2) is 24.5 Å². The molecule has 0 amide bonds. The van der Waals surface area contributed by atoms with Crippen molar-refractivity contribution in [1.82, 2.24) is 14.9 Å². The van der Waals surface area contributed by atoms with E-state index in [1.807, 2.05) is 18.2 Å². The number of anilines is 2. The molecule has 1 aromatic heterocycles. The third kappa shape index (κ3) is 2.33. The summed E-state index contributed by atoms with van der Waals surface area (Å²) in [6.45, 7) is 7.51. The Morgan fingerprint density at radius 2 is 1.95 bits per heavy atom. The fraction of sp³-hybridized carbons (Fsp3) is 0.429. The molecular formula is C14H19N5. The van der Waals surface area contributed by atoms with Crippen molar-refractivity contribution in [3.8, 4) is 0 Å². The quantitative estimate of drug-likeness (QED) is 0.823. The Morgan fingerprint density at radius 1 is 1.16 bits per heavy atom. The minimum atomic E-state index is 0.760. The standard InChI is InChI=1S/C14H19N5/c1-2-18-5-7-19(8-6-18)14-12-9-11(15)3-4-13(12)16-10-17-14/h3-4,9-10H,2,5-8,15H2,1H3. The molecule has 0 saturated carbocycles. The summed E-state index contributed by atoms with van der Waals surface area (Å²) >= 11 is 0. The second-order valence-electron chi connectivity index (χ2n) is 4.90. The van der Waals surface area contributed by atoms with Gasteiger partial charge < -0.3 is 15.5 Å². The van der Waals surface area contributed by atoms with E-state index in [0.29, 0.717) is 0 Å². The summed E-state index contributed by atoms with van der Waals surface area (Å²) in [6.07, 6.45) is 1.64. The van der Waals surface area contributed by atoms with Gasteiger partial charge in [-0.1, -0.05) is 6.92 Å². The Labute approximate surface area is 113 Å². The first-order valence-corrected chi connectivity index (χ1v) is 6.75. The Morgan fingerprint density at radius 3 is 2.68 bits per heavy atom. The van der Waals surface area contributed by atoms with Crippen LogP contribution >= 0.6 is 0 Å². The molecule has 0 atom stereocenters. The maximum Gasteiger partial charge on any atom is 0.140 e. The number of likely N-dealkylation sites (N-methyl/N-ethyl adjacent to an activating group) is 1. The first kappa shape index (κ1) is 12.2. The Kier molecular flexibility index (Phi) is 3.21. The van der Waals surface area contributed by atoms with E-state index in [2.05, 4.69) is 26.7 Å². The number of fused-ring (bicyclic) bond motifs is 1. The van der Waals surface area contributed by atoms with Gasteiger partial charge in [-0.2, -0.15) is 0 Å². The monoisotopic (exact) mass is 257 g/mol. The lowest BCUT2D eigenvalue weighted by atomic mass is 10.2. The van der Waals surface area contributed by atoms with Crippen molar-refractivity contribution < 1.29 is 0 Å². The van der Waals surface area contributed by atoms with Gasteiger partial charge in [0, 0.05) is 37.3 Å². The van der Waals surface area contributed by atoms with Gasteiger partial charge >= 0.3 is 0 Å². The Bertz CT molecular complexity index is 575. The van der Waals surface area contributed by atoms with E-state index in [1.54, 1.807) is 6.33 Å². The smallest absolute Gasteiger partial charge is 0.140 e. The lowest BCUT2D eigenvalue weighted by Gasteiger charge is -2.35. The number of aromatic nitrogens is 2. The molecule has 1 fully saturated rings. The van der Waals surface area contributed by atoms with Crippen molar-refractivity contribution in [2.24, 2.45) is 0 Å². The van der Waals surface area contributed by atoms with Gasteiger partial charge in [0.2, 0.25) is 0 Å². The van der Waals surface area contributed by atoms with E-state index >= 15 is 0 Å². The van der Waals surface area contributed by atoms with Gasteiger partial charge in [0.25, 0.3) is 0 Å². The van der Waals surface area contributed by atoms with Crippen molar-refractivity contribution >= 4 is 22.4 Å². The molecule has 0 aliphatic carbocycles. The van der Waals surface area contributed by atoms with Crippen LogP contribution < -0.4 is 10.6 Å². The molecule has 5 nitrogen and oxygen atoms in total. The highest BCUT2D eigenvalue weighted by Crippen LogP contribution is 2.25. The first-order valence-electron chi connectivity index (χ1n) is 6.75. The van der Waals surface area contributed by atoms with Crippen LogP contribution in [-0.2, 0) is 0 Å². The largest absolute Gasteiger partial charge is 0.399 e. The minimum absolute atomic E-state index is 0.760. The zero-order valence-electron chi connectivity index (χ0n) is 11.2. The van der Waals surface area contributed by atoms with E-state index in [-0.39, 0.29) is 0 Å². The molecule has 0 radical (unpaired) electrons. The van der Waals surface area contributed by atoms with Gasteiger partial charge in [0.05, 0.1) is 5.52 Å². The molecule has 1 saturated heterocycles. The number of hydrogen-bond acceptors (Lipinski definition) is 5. The zero-order valence-corrected chi connectivity index (χ0v) is 11.2. The van der Waals surface area contributed by atoms with Crippen molar-refractivity contribution in [3.05, 3.63) is 24.5 Å². The molecular weight excluding hydrogens is 238 g/mol. The number of benzene rings is 1. The SMILES string of the molecule is CCN1CCN(c2ncnc3ccc(N)cc23)CC1. The number of hydrogen-bond donors (Lipinski definition) is 1. The van der Waals surface area contributed by atoms with Crippen molar-refractivity contribution in [2.75, 3.05) is 43.4 Å². The highest BCUT2D eigenvalue weighted by Gasteiger charge is 2.18. The zero-order chi connectivity index (χ0) is 13.2. The van der Waals surface area contributed by atoms with E-state index in [4.69, 9.17) is 5.73 Å². The average Bonchev–Trinajstić information content (AvgIpc) is 2.47. The summed E-state index contributed by atoms with van der Waals surface area (Å²) in [5.74, 6) is 1.01. The molecule has 0 unspecified atom stereocenters. The molecule has 19 heavy (non-hydrogen) atoms. The molecule has 1 aliphatic rings. The molecule has 0 spiro atoms. The van der Waals surface area contributed by atoms with Gasteiger partial charge in [0.1, 0.15) is 12.1 Å². The maximum atomic E-state index is 5.88. The summed E-state index contributed by atoms with van der Waals surface area (Å²) in [4.78, 5) is 13.6. The summed E-state index contributed by atoms with van der Waals surface area (Å²) in [7, 11) is 0. The lowest BCUT2D eigenvalue weighted by Crippen LogP contribution is -2.46. The molecule has 2 aromatic rings. The molecule has 2 N–H and O–H groups in total. The second-order valence-corrected chi connectivity index (χ2v) is 4.90. The van der Waals surface area contributed by atoms with Gasteiger partial charge in [0.15, 0.2) is 0 Å². The molecule has 1 aromatic carbocycles. The van der Waals surface area contributed by atoms with Crippen molar-refractivity contribution in [3.63, 3.8) is 0 Å². The summed E-state index contributed by atoms with van der Waals surface area (Å²) in [5.41, 5.74) is 7.60. The van der Waals surface area contributed by atoms with Crippen molar-refractivity contribution in [2.45, 2.75) is 6.92 Å². The first-order chi connectivity index (χ1) is 9.28. The van der Waals surface area contributed by atoms with Gasteiger partial charge in [-0.15, -0.1) is 0 Å². The normalized spacial score (nSPS) is 17.0. The lowest BCUT2D eigenvalue weighted by molar-refractivity contribution is 0.271. The van der Waals surface area contributed by atoms with E-state index in [9.17, 15) is 0 Å². The summed E-state index contributed by atoms with van der Waals surface area (Å²) < 4.78 is 0. The number of nitrogens with zero attached hydrogens (tertiary/aromatic N) is 4. The molecule has 0 bridgehead atoms. The van der Waals surface area contributed by atoms with Crippen LogP contribution in [0.5, 0.6) is 0 Å². The predicted molar refractivity (Wildman–Crippen MR) is 78.3 cm³/mol. The van der Waals surface area contributed by atoms with E-state index < -0.39 is 0 Å². The van der Waals surface area contributed by atoms with Crippen LogP contribution in [0.3, 0.4) is 0 Å². The molecule has 5 heteroatoms. The molecule has 2 heterocycles. The number of nitrogens with two attached hydrogens (primary N) is 1. The van der Waals surface area contributed by atoms with E-state index in [1.165, 1.54) is 0 Å². The maximum absolute atomic E-state index is 5.88. The van der Waals surface area contributed by atoms with Gasteiger partial charge in [-0.25, -0.2) is 9.97 Å². The minimum Gasteiger partial charge on any atom is -0.399 e. The van der Waals surface area contributed by atoms with Crippen LogP contribution in [0.1, 0.15) is 6.92 Å². The van der Waals surface area contributed by atoms with Crippen LogP contribution in [0.25, 0.3) is 10.9 Å². The van der Waals surface area contributed by atoms with Gasteiger partial charge in [-0.05, 0) is 24.7 Å². The molecule has 3 rings (SSSR count). The van der Waals surface area contributed by atoms with Crippen LogP contribution in [0.4, 0.5) is 11.5 Å². The predicted octanol–water partition coefficient (Wildman–Crippen LogP) is 1.35. The highest BCUT2D eigenvalue weighted by atomic mass is 15.3. The number of piperazine rings is 1. The molecule has 100 valence electrons. The third-order valence-corrected chi connectivity index (χ3v) is 3.76. The van der Waals surface area contributed by atoms with E-state index in [0.717, 1.165) is 55.1 Å². The summed E-state index contributed by atoms with van der Waals surface area (Å²) in [5, 5.41) is 1.05. The number of rotatable bonds is 2. The van der Waals surface area contributed by atoms with Crippen LogP contribution in [0.2, 0.25) is 0 Å². The van der Waals surface area contributed by atoms with Crippen LogP contribution in [0, 0.1) is 0 Å². The fourth-order valence-electron chi connectivity index (χ4n) is 2.59. The average molecular weight is 257 g/mol. The third-order valence-electron chi connectivity index (χ3n) is 3.76. The topological polar surface area (TPSA) is 58.3 Å². The Balaban J connectivity index is 1.94. The summed E-state index contributed by atoms with van der Waals surface area (Å²) in [6, 6.07) is 5.81. The fourth-order valence-corrected chi connectivity index (χ4v) is 2.59. The Hall–Kier alpha value is -1.88. The van der Waals surface area contributed by atoms with Gasteiger partial charge in [-0.3, -0.25) is 0 Å². The van der Waals surface area contributed by atoms with Crippen molar-refractivity contribution in [1.29, 1.82) is 0 Å². The highest BCUT2D eigenvalue weighted by molar-refractivity contribution is 5.91. The number of nitrogen functional groups attached to an aromatic ring is 1.